The Labute approximate surface area is 190 Å². The van der Waals surface area contributed by atoms with Crippen molar-refractivity contribution in [1.29, 1.82) is 0 Å². The Kier molecular flexibility index (Phi) is 5.37. The molecule has 0 aliphatic rings. The highest BCUT2D eigenvalue weighted by molar-refractivity contribution is 6.30. The van der Waals surface area contributed by atoms with Crippen molar-refractivity contribution in [2.75, 3.05) is 6.54 Å². The molecule has 2 aromatic heterocycles. The SMILES string of the molecule is Cn1c(CCNC(=O)c2nn(Cc3ccc(Cl)cc3)c3ccccc23)nc2ccccc21. The van der Waals surface area contributed by atoms with E-state index >= 15 is 0 Å². The number of carbonyl (C=O) groups is 1. The lowest BCUT2D eigenvalue weighted by Gasteiger charge is -2.05. The van der Waals surface area contributed by atoms with Gasteiger partial charge in [0.2, 0.25) is 0 Å². The van der Waals surface area contributed by atoms with Crippen molar-refractivity contribution in [1.82, 2.24) is 24.6 Å². The van der Waals surface area contributed by atoms with E-state index in [0.29, 0.717) is 30.2 Å². The van der Waals surface area contributed by atoms with Crippen molar-refractivity contribution in [3.05, 3.63) is 94.9 Å². The van der Waals surface area contributed by atoms with Crippen LogP contribution in [-0.2, 0) is 20.0 Å². The van der Waals surface area contributed by atoms with Crippen LogP contribution in [0.4, 0.5) is 0 Å². The molecule has 6 nitrogen and oxygen atoms in total. The zero-order chi connectivity index (χ0) is 22.1. The number of aryl methyl sites for hydroxylation is 1. The van der Waals surface area contributed by atoms with Crippen molar-refractivity contribution in [2.45, 2.75) is 13.0 Å². The summed E-state index contributed by atoms with van der Waals surface area (Å²) in [4.78, 5) is 17.7. The van der Waals surface area contributed by atoms with E-state index in [4.69, 9.17) is 11.6 Å². The van der Waals surface area contributed by atoms with E-state index in [1.807, 2.05) is 84.5 Å². The highest BCUT2D eigenvalue weighted by atomic mass is 35.5. The predicted octanol–water partition coefficient (Wildman–Crippen LogP) is 4.60. The summed E-state index contributed by atoms with van der Waals surface area (Å²) < 4.78 is 3.93. The number of aromatic nitrogens is 4. The van der Waals surface area contributed by atoms with Gasteiger partial charge in [-0.3, -0.25) is 9.48 Å². The Morgan fingerprint density at radius 3 is 2.47 bits per heavy atom. The first kappa shape index (κ1) is 20.3. The first-order valence-corrected chi connectivity index (χ1v) is 10.9. The number of nitrogens with one attached hydrogen (secondary N) is 1. The van der Waals surface area contributed by atoms with Crippen LogP contribution in [0.15, 0.2) is 72.8 Å². The largest absolute Gasteiger partial charge is 0.350 e. The minimum absolute atomic E-state index is 0.185. The molecule has 2 heterocycles. The summed E-state index contributed by atoms with van der Waals surface area (Å²) in [5.41, 5.74) is 4.46. The van der Waals surface area contributed by atoms with Crippen molar-refractivity contribution < 1.29 is 4.79 Å². The fourth-order valence-corrected chi connectivity index (χ4v) is 4.09. The lowest BCUT2D eigenvalue weighted by Crippen LogP contribution is -2.27. The normalized spacial score (nSPS) is 11.3. The van der Waals surface area contributed by atoms with Crippen LogP contribution in [0, 0.1) is 0 Å². The van der Waals surface area contributed by atoms with Crippen molar-refractivity contribution in [3.8, 4) is 0 Å². The second kappa shape index (κ2) is 8.48. The first-order chi connectivity index (χ1) is 15.6. The fraction of sp³-hybridized carbons (Fsp3) is 0.160. The van der Waals surface area contributed by atoms with Crippen LogP contribution in [-0.4, -0.2) is 31.8 Å². The molecule has 5 rings (SSSR count). The maximum absolute atomic E-state index is 13.0. The number of hydrogen-bond donors (Lipinski definition) is 1. The lowest BCUT2D eigenvalue weighted by atomic mass is 10.2. The smallest absolute Gasteiger partial charge is 0.272 e. The molecule has 7 heteroatoms. The number of benzene rings is 3. The number of halogens is 1. The number of fused-ring (bicyclic) bond motifs is 2. The van der Waals surface area contributed by atoms with Gasteiger partial charge in [-0.1, -0.05) is 54.1 Å². The Morgan fingerprint density at radius 1 is 0.969 bits per heavy atom. The van der Waals surface area contributed by atoms with Gasteiger partial charge in [-0.15, -0.1) is 0 Å². The van der Waals surface area contributed by atoms with Gasteiger partial charge in [0, 0.05) is 30.4 Å². The summed E-state index contributed by atoms with van der Waals surface area (Å²) in [5.74, 6) is 0.749. The van der Waals surface area contributed by atoms with Crippen LogP contribution in [0.25, 0.3) is 21.9 Å². The van der Waals surface area contributed by atoms with Crippen LogP contribution in [0.5, 0.6) is 0 Å². The molecule has 0 saturated carbocycles. The molecule has 0 unspecified atom stereocenters. The lowest BCUT2D eigenvalue weighted by molar-refractivity contribution is 0.0949. The molecule has 0 radical (unpaired) electrons. The molecule has 0 atom stereocenters. The number of imidazole rings is 1. The van der Waals surface area contributed by atoms with Crippen LogP contribution in [0.3, 0.4) is 0 Å². The number of hydrogen-bond acceptors (Lipinski definition) is 3. The van der Waals surface area contributed by atoms with Gasteiger partial charge in [0.05, 0.1) is 23.1 Å². The standard InChI is InChI=1S/C25H22ClN5O/c1-30-22-9-5-3-7-20(22)28-23(30)14-15-27-25(32)24-19-6-2-4-8-21(19)31(29-24)16-17-10-12-18(26)13-11-17/h2-13H,14-16H2,1H3,(H,27,32). The monoisotopic (exact) mass is 443 g/mol. The van der Waals surface area contributed by atoms with E-state index in [-0.39, 0.29) is 5.91 Å². The summed E-state index contributed by atoms with van der Waals surface area (Å²) >= 11 is 6.00. The first-order valence-electron chi connectivity index (χ1n) is 10.5. The predicted molar refractivity (Wildman–Crippen MR) is 127 cm³/mol. The molecular weight excluding hydrogens is 422 g/mol. The van der Waals surface area contributed by atoms with E-state index < -0.39 is 0 Å². The van der Waals surface area contributed by atoms with Gasteiger partial charge < -0.3 is 9.88 Å². The minimum atomic E-state index is -0.185. The maximum Gasteiger partial charge on any atom is 0.272 e. The molecule has 1 N–H and O–H groups in total. The Hall–Kier alpha value is -3.64. The van der Waals surface area contributed by atoms with E-state index in [2.05, 4.69) is 20.0 Å². The Balaban J connectivity index is 1.34. The Morgan fingerprint density at radius 2 is 1.69 bits per heavy atom. The molecule has 0 bridgehead atoms. The number of amides is 1. The van der Waals surface area contributed by atoms with Gasteiger partial charge in [-0.25, -0.2) is 4.98 Å². The molecule has 1 amide bonds. The third-order valence-corrected chi connectivity index (χ3v) is 5.88. The second-order valence-corrected chi connectivity index (χ2v) is 8.17. The number of rotatable bonds is 6. The van der Waals surface area contributed by atoms with Gasteiger partial charge >= 0.3 is 0 Å². The topological polar surface area (TPSA) is 64.7 Å². The molecule has 0 aliphatic carbocycles. The van der Waals surface area contributed by atoms with Gasteiger partial charge in [0.25, 0.3) is 5.91 Å². The van der Waals surface area contributed by atoms with Crippen molar-refractivity contribution in [2.24, 2.45) is 7.05 Å². The summed E-state index contributed by atoms with van der Waals surface area (Å²) in [5, 5.41) is 9.18. The van der Waals surface area contributed by atoms with E-state index in [9.17, 15) is 4.79 Å². The van der Waals surface area contributed by atoms with Gasteiger partial charge in [0.1, 0.15) is 5.82 Å². The third kappa shape index (κ3) is 3.85. The molecular formula is C25H22ClN5O. The molecule has 0 aliphatic heterocycles. The van der Waals surface area contributed by atoms with E-state index in [0.717, 1.165) is 33.3 Å². The average Bonchev–Trinajstić information content (AvgIpc) is 3.33. The zero-order valence-corrected chi connectivity index (χ0v) is 18.4. The molecule has 32 heavy (non-hydrogen) atoms. The number of para-hydroxylation sites is 3. The van der Waals surface area contributed by atoms with Crippen molar-refractivity contribution >= 4 is 39.4 Å². The molecule has 0 saturated heterocycles. The number of nitrogens with zero attached hydrogens (tertiary/aromatic N) is 4. The van der Waals surface area contributed by atoms with Crippen LogP contribution in [0.1, 0.15) is 21.9 Å². The second-order valence-electron chi connectivity index (χ2n) is 7.73. The van der Waals surface area contributed by atoms with Gasteiger partial charge in [-0.2, -0.15) is 5.10 Å². The molecule has 0 spiro atoms. The Bertz CT molecular complexity index is 1420. The molecule has 3 aromatic carbocycles. The summed E-state index contributed by atoms with van der Waals surface area (Å²) in [6.45, 7) is 1.04. The van der Waals surface area contributed by atoms with Crippen LogP contribution >= 0.6 is 11.6 Å². The highest BCUT2D eigenvalue weighted by Crippen LogP contribution is 2.20. The van der Waals surface area contributed by atoms with Crippen LogP contribution < -0.4 is 5.32 Å². The minimum Gasteiger partial charge on any atom is -0.350 e. The molecule has 160 valence electrons. The van der Waals surface area contributed by atoms with Crippen LogP contribution in [0.2, 0.25) is 5.02 Å². The van der Waals surface area contributed by atoms with Crippen molar-refractivity contribution in [3.63, 3.8) is 0 Å². The molecule has 5 aromatic rings. The maximum atomic E-state index is 13.0. The third-order valence-electron chi connectivity index (χ3n) is 5.63. The summed E-state index contributed by atoms with van der Waals surface area (Å²) in [6, 6.07) is 23.5. The molecule has 0 fully saturated rings. The average molecular weight is 444 g/mol. The van der Waals surface area contributed by atoms with E-state index in [1.54, 1.807) is 0 Å². The number of carbonyl (C=O) groups excluding carboxylic acids is 1. The summed E-state index contributed by atoms with van der Waals surface area (Å²) in [6.07, 6.45) is 0.639. The quantitative estimate of drug-likeness (QED) is 0.417. The summed E-state index contributed by atoms with van der Waals surface area (Å²) in [7, 11) is 2.00. The fourth-order valence-electron chi connectivity index (χ4n) is 3.97. The van der Waals surface area contributed by atoms with Gasteiger partial charge in [0.15, 0.2) is 5.69 Å². The zero-order valence-electron chi connectivity index (χ0n) is 17.6. The van der Waals surface area contributed by atoms with Gasteiger partial charge in [-0.05, 0) is 35.9 Å². The highest BCUT2D eigenvalue weighted by Gasteiger charge is 2.17. The van der Waals surface area contributed by atoms with E-state index in [1.165, 1.54) is 0 Å².